The molecular formula is C12H14O4S. The fraction of sp³-hybridized carbons (Fsp3) is 0.417. The van der Waals surface area contributed by atoms with Crippen molar-refractivity contribution in [2.75, 3.05) is 18.3 Å². The molecule has 17 heavy (non-hydrogen) atoms. The smallest absolute Gasteiger partial charge is 0.304 e. The molecule has 1 N–H and O–H groups in total. The average molecular weight is 254 g/mol. The monoisotopic (exact) mass is 254 g/mol. The lowest BCUT2D eigenvalue weighted by Crippen LogP contribution is -1.97. The topological polar surface area (TPSA) is 55.8 Å². The van der Waals surface area contributed by atoms with Gasteiger partial charge in [0.15, 0.2) is 11.5 Å². The first kappa shape index (κ1) is 12.1. The minimum absolute atomic E-state index is 0.228. The molecular weight excluding hydrogens is 240 g/mol. The lowest BCUT2D eigenvalue weighted by atomic mass is 10.1. The zero-order chi connectivity index (χ0) is 12.1. The Balaban J connectivity index is 1.74. The van der Waals surface area contributed by atoms with Crippen molar-refractivity contribution >= 4 is 17.7 Å². The van der Waals surface area contributed by atoms with Crippen LogP contribution in [0.4, 0.5) is 0 Å². The van der Waals surface area contributed by atoms with E-state index in [2.05, 4.69) is 0 Å². The van der Waals surface area contributed by atoms with Crippen molar-refractivity contribution in [3.05, 3.63) is 23.8 Å². The van der Waals surface area contributed by atoms with E-state index in [0.29, 0.717) is 12.5 Å². The number of benzene rings is 1. The summed E-state index contributed by atoms with van der Waals surface area (Å²) in [5.74, 6) is 2.46. The molecule has 0 atom stereocenters. The zero-order valence-corrected chi connectivity index (χ0v) is 10.2. The summed E-state index contributed by atoms with van der Waals surface area (Å²) in [6.45, 7) is 0.298. The third-order valence-corrected chi connectivity index (χ3v) is 3.42. The number of hydrogen-bond acceptors (Lipinski definition) is 4. The van der Waals surface area contributed by atoms with Crippen LogP contribution in [0, 0.1) is 0 Å². The van der Waals surface area contributed by atoms with Crippen LogP contribution in [-0.2, 0) is 11.2 Å². The summed E-state index contributed by atoms with van der Waals surface area (Å²) in [6.07, 6.45) is 1.15. The van der Waals surface area contributed by atoms with Crippen LogP contribution in [0.15, 0.2) is 18.2 Å². The standard InChI is InChI=1S/C12H14O4S/c13-12(14)4-6-17-5-3-9-1-2-10-11(7-9)16-8-15-10/h1-2,7H,3-6,8H2,(H,13,14). The van der Waals surface area contributed by atoms with Crippen molar-refractivity contribution in [3.8, 4) is 11.5 Å². The molecule has 1 aliphatic heterocycles. The molecule has 0 fully saturated rings. The third kappa shape index (κ3) is 3.56. The van der Waals surface area contributed by atoms with E-state index in [9.17, 15) is 4.79 Å². The molecule has 0 unspecified atom stereocenters. The molecule has 0 radical (unpaired) electrons. The van der Waals surface area contributed by atoms with Crippen LogP contribution in [0.3, 0.4) is 0 Å². The van der Waals surface area contributed by atoms with E-state index in [1.54, 1.807) is 11.8 Å². The highest BCUT2D eigenvalue weighted by molar-refractivity contribution is 7.99. The first-order valence-electron chi connectivity index (χ1n) is 5.44. The molecule has 1 heterocycles. The van der Waals surface area contributed by atoms with Gasteiger partial charge in [0.05, 0.1) is 6.42 Å². The van der Waals surface area contributed by atoms with Gasteiger partial charge in [-0.2, -0.15) is 11.8 Å². The van der Waals surface area contributed by atoms with Crippen molar-refractivity contribution in [2.45, 2.75) is 12.8 Å². The molecule has 0 aliphatic carbocycles. The summed E-state index contributed by atoms with van der Waals surface area (Å²) in [7, 11) is 0. The van der Waals surface area contributed by atoms with Gasteiger partial charge in [-0.1, -0.05) is 6.07 Å². The second kappa shape index (κ2) is 5.82. The van der Waals surface area contributed by atoms with Crippen LogP contribution in [0.2, 0.25) is 0 Å². The third-order valence-electron chi connectivity index (χ3n) is 2.43. The highest BCUT2D eigenvalue weighted by Gasteiger charge is 2.12. The van der Waals surface area contributed by atoms with E-state index in [1.807, 2.05) is 18.2 Å². The fourth-order valence-electron chi connectivity index (χ4n) is 1.55. The Morgan fingerprint density at radius 3 is 2.94 bits per heavy atom. The maximum Gasteiger partial charge on any atom is 0.304 e. The van der Waals surface area contributed by atoms with E-state index in [4.69, 9.17) is 14.6 Å². The minimum atomic E-state index is -0.736. The van der Waals surface area contributed by atoms with Gasteiger partial charge in [-0.15, -0.1) is 0 Å². The van der Waals surface area contributed by atoms with Crippen molar-refractivity contribution < 1.29 is 19.4 Å². The average Bonchev–Trinajstić information content (AvgIpc) is 2.75. The van der Waals surface area contributed by atoms with Crippen LogP contribution in [-0.4, -0.2) is 29.4 Å². The Bertz CT molecular complexity index is 405. The van der Waals surface area contributed by atoms with Crippen LogP contribution in [0.1, 0.15) is 12.0 Å². The van der Waals surface area contributed by atoms with Gasteiger partial charge in [0.1, 0.15) is 0 Å². The van der Waals surface area contributed by atoms with Crippen LogP contribution >= 0.6 is 11.8 Å². The number of carboxylic acids is 1. The van der Waals surface area contributed by atoms with Gasteiger partial charge in [-0.25, -0.2) is 0 Å². The lowest BCUT2D eigenvalue weighted by molar-refractivity contribution is -0.136. The normalized spacial score (nSPS) is 12.7. The van der Waals surface area contributed by atoms with Crippen LogP contribution < -0.4 is 9.47 Å². The summed E-state index contributed by atoms with van der Waals surface area (Å²) < 4.78 is 10.5. The number of hydrogen-bond donors (Lipinski definition) is 1. The maximum atomic E-state index is 10.3. The number of aryl methyl sites for hydroxylation is 1. The molecule has 0 aromatic heterocycles. The molecule has 2 rings (SSSR count). The van der Waals surface area contributed by atoms with Gasteiger partial charge in [-0.3, -0.25) is 4.79 Å². The van der Waals surface area contributed by atoms with Crippen molar-refractivity contribution in [1.82, 2.24) is 0 Å². The second-order valence-corrected chi connectivity index (χ2v) is 4.92. The van der Waals surface area contributed by atoms with E-state index in [0.717, 1.165) is 23.7 Å². The molecule has 92 valence electrons. The Kier molecular flexibility index (Phi) is 4.14. The number of rotatable bonds is 6. The molecule has 0 saturated heterocycles. The van der Waals surface area contributed by atoms with Gasteiger partial charge in [0, 0.05) is 5.75 Å². The van der Waals surface area contributed by atoms with E-state index in [1.165, 1.54) is 5.56 Å². The molecule has 4 nitrogen and oxygen atoms in total. The Morgan fingerprint density at radius 1 is 1.29 bits per heavy atom. The number of carboxylic acid groups (broad SMARTS) is 1. The summed E-state index contributed by atoms with van der Waals surface area (Å²) in [6, 6.07) is 5.92. The Morgan fingerprint density at radius 2 is 2.12 bits per heavy atom. The summed E-state index contributed by atoms with van der Waals surface area (Å²) in [5.41, 5.74) is 1.19. The first-order valence-corrected chi connectivity index (χ1v) is 6.59. The molecule has 0 saturated carbocycles. The minimum Gasteiger partial charge on any atom is -0.481 e. The van der Waals surface area contributed by atoms with Crippen LogP contribution in [0.5, 0.6) is 11.5 Å². The number of carbonyl (C=O) groups is 1. The van der Waals surface area contributed by atoms with Crippen molar-refractivity contribution in [1.29, 1.82) is 0 Å². The molecule has 1 aromatic carbocycles. The lowest BCUT2D eigenvalue weighted by Gasteiger charge is -2.02. The highest BCUT2D eigenvalue weighted by atomic mass is 32.2. The molecule has 1 aliphatic rings. The van der Waals surface area contributed by atoms with Gasteiger partial charge >= 0.3 is 5.97 Å². The summed E-state index contributed by atoms with van der Waals surface area (Å²) in [5, 5.41) is 8.49. The predicted octanol–water partition coefficient (Wildman–Crippen LogP) is 2.17. The summed E-state index contributed by atoms with van der Waals surface area (Å²) >= 11 is 1.66. The van der Waals surface area contributed by atoms with E-state index in [-0.39, 0.29) is 6.42 Å². The SMILES string of the molecule is O=C(O)CCSCCc1ccc2c(c1)OCO2. The predicted molar refractivity (Wildman–Crippen MR) is 65.8 cm³/mol. The first-order chi connectivity index (χ1) is 8.25. The number of fused-ring (bicyclic) bond motifs is 1. The second-order valence-electron chi connectivity index (χ2n) is 3.69. The van der Waals surface area contributed by atoms with Gasteiger partial charge < -0.3 is 14.6 Å². The number of thioether (sulfide) groups is 1. The quantitative estimate of drug-likeness (QED) is 0.788. The number of ether oxygens (including phenoxy) is 2. The zero-order valence-electron chi connectivity index (χ0n) is 9.35. The van der Waals surface area contributed by atoms with Gasteiger partial charge in [0.2, 0.25) is 6.79 Å². The van der Waals surface area contributed by atoms with E-state index < -0.39 is 5.97 Å². The molecule has 0 amide bonds. The van der Waals surface area contributed by atoms with Crippen LogP contribution in [0.25, 0.3) is 0 Å². The Labute approximate surface area is 104 Å². The van der Waals surface area contributed by atoms with Gasteiger partial charge in [0.25, 0.3) is 0 Å². The molecule has 1 aromatic rings. The summed E-state index contributed by atoms with van der Waals surface area (Å²) in [4.78, 5) is 10.3. The largest absolute Gasteiger partial charge is 0.481 e. The molecule has 0 bridgehead atoms. The van der Waals surface area contributed by atoms with Gasteiger partial charge in [-0.05, 0) is 29.9 Å². The number of aliphatic carboxylic acids is 1. The Hall–Kier alpha value is -1.36. The molecule has 5 heteroatoms. The van der Waals surface area contributed by atoms with Crippen molar-refractivity contribution in [2.24, 2.45) is 0 Å². The fourth-order valence-corrected chi connectivity index (χ4v) is 2.45. The maximum absolute atomic E-state index is 10.3. The highest BCUT2D eigenvalue weighted by Crippen LogP contribution is 2.32. The molecule has 0 spiro atoms. The van der Waals surface area contributed by atoms with E-state index >= 15 is 0 Å². The van der Waals surface area contributed by atoms with Crippen molar-refractivity contribution in [3.63, 3.8) is 0 Å².